The molecule has 0 aliphatic rings. The van der Waals surface area contributed by atoms with Crippen molar-refractivity contribution in [3.8, 4) is 11.8 Å². The van der Waals surface area contributed by atoms with E-state index in [1.807, 2.05) is 37.3 Å². The van der Waals surface area contributed by atoms with Gasteiger partial charge in [0.25, 0.3) is 0 Å². The number of hydrogen-bond donors (Lipinski definition) is 0. The minimum Gasteiger partial charge on any atom is -0.495 e. The maximum absolute atomic E-state index is 12.3. The number of nitriles is 1. The fraction of sp³-hybridized carbons (Fsp3) is 0.188. The predicted octanol–water partition coefficient (Wildman–Crippen LogP) is 3.18. The van der Waals surface area contributed by atoms with E-state index < -0.39 is 10.8 Å². The van der Waals surface area contributed by atoms with Crippen LogP contribution in [0.2, 0.25) is 0 Å². The number of ether oxygens (including phenoxy) is 1. The first-order chi connectivity index (χ1) is 9.63. The van der Waals surface area contributed by atoms with Gasteiger partial charge in [0.2, 0.25) is 0 Å². The van der Waals surface area contributed by atoms with Crippen LogP contribution in [0.5, 0.6) is 5.75 Å². The van der Waals surface area contributed by atoms with E-state index in [4.69, 9.17) is 10.00 Å². The first-order valence-corrected chi connectivity index (χ1v) is 7.48. The Labute approximate surface area is 121 Å². The smallest absolute Gasteiger partial charge is 0.136 e. The molecule has 4 heteroatoms. The van der Waals surface area contributed by atoms with Gasteiger partial charge in [0, 0.05) is 4.90 Å². The van der Waals surface area contributed by atoms with Gasteiger partial charge in [-0.25, -0.2) is 0 Å². The van der Waals surface area contributed by atoms with Crippen LogP contribution < -0.4 is 4.74 Å². The number of methoxy groups -OCH3 is 1. The van der Waals surface area contributed by atoms with Crippen molar-refractivity contribution in [1.29, 1.82) is 5.26 Å². The van der Waals surface area contributed by atoms with E-state index in [1.54, 1.807) is 12.1 Å². The Morgan fingerprint density at radius 2 is 1.90 bits per heavy atom. The van der Waals surface area contributed by atoms with Crippen LogP contribution >= 0.6 is 0 Å². The van der Waals surface area contributed by atoms with Crippen LogP contribution in [0.4, 0.5) is 0 Å². The monoisotopic (exact) mass is 285 g/mol. The molecule has 0 aliphatic carbocycles. The Bertz CT molecular complexity index is 672. The number of benzene rings is 2. The molecular formula is C16H15NO2S. The largest absolute Gasteiger partial charge is 0.495 e. The van der Waals surface area contributed by atoms with Gasteiger partial charge in [-0.1, -0.05) is 23.8 Å². The van der Waals surface area contributed by atoms with Gasteiger partial charge in [-0.3, -0.25) is 4.21 Å². The highest BCUT2D eigenvalue weighted by Crippen LogP contribution is 2.21. The summed E-state index contributed by atoms with van der Waals surface area (Å²) < 4.78 is 17.4. The SMILES string of the molecule is COc1ccc(CS(=O)c2ccc(C)cc2)cc1C#N. The molecule has 0 saturated carbocycles. The fourth-order valence-corrected chi connectivity index (χ4v) is 2.95. The number of nitrogens with zero attached hydrogens (tertiary/aromatic N) is 1. The minimum atomic E-state index is -1.11. The Kier molecular flexibility index (Phi) is 4.54. The molecule has 102 valence electrons. The lowest BCUT2D eigenvalue weighted by molar-refractivity contribution is 0.413. The molecule has 0 aliphatic heterocycles. The van der Waals surface area contributed by atoms with Gasteiger partial charge in [0.15, 0.2) is 0 Å². The summed E-state index contributed by atoms with van der Waals surface area (Å²) in [5, 5.41) is 9.05. The minimum absolute atomic E-state index is 0.391. The van der Waals surface area contributed by atoms with Crippen molar-refractivity contribution in [2.45, 2.75) is 17.6 Å². The van der Waals surface area contributed by atoms with Crippen molar-refractivity contribution >= 4 is 10.8 Å². The molecule has 1 atom stereocenters. The van der Waals surface area contributed by atoms with Crippen LogP contribution in [-0.2, 0) is 16.6 Å². The zero-order valence-corrected chi connectivity index (χ0v) is 12.2. The lowest BCUT2D eigenvalue weighted by Crippen LogP contribution is -1.98. The molecule has 0 radical (unpaired) electrons. The molecule has 0 saturated heterocycles. The molecule has 0 N–H and O–H groups in total. The van der Waals surface area contributed by atoms with Crippen LogP contribution in [0.25, 0.3) is 0 Å². The van der Waals surface area contributed by atoms with Crippen molar-refractivity contribution in [3.05, 3.63) is 59.2 Å². The molecular weight excluding hydrogens is 270 g/mol. The first kappa shape index (κ1) is 14.3. The van der Waals surface area contributed by atoms with Crippen molar-refractivity contribution < 1.29 is 8.95 Å². The van der Waals surface area contributed by atoms with Crippen molar-refractivity contribution in [3.63, 3.8) is 0 Å². The van der Waals surface area contributed by atoms with Crippen LogP contribution in [0.15, 0.2) is 47.4 Å². The zero-order chi connectivity index (χ0) is 14.5. The van der Waals surface area contributed by atoms with E-state index in [0.29, 0.717) is 17.1 Å². The third-order valence-electron chi connectivity index (χ3n) is 2.97. The molecule has 3 nitrogen and oxygen atoms in total. The van der Waals surface area contributed by atoms with E-state index in [9.17, 15) is 4.21 Å². The van der Waals surface area contributed by atoms with Gasteiger partial charge >= 0.3 is 0 Å². The summed E-state index contributed by atoms with van der Waals surface area (Å²) in [7, 11) is 0.416. The summed E-state index contributed by atoms with van der Waals surface area (Å²) in [6.45, 7) is 2.00. The van der Waals surface area contributed by atoms with Crippen LogP contribution in [-0.4, -0.2) is 11.3 Å². The van der Waals surface area contributed by atoms with Gasteiger partial charge in [-0.05, 0) is 36.8 Å². The van der Waals surface area contributed by atoms with E-state index in [0.717, 1.165) is 16.0 Å². The number of hydrogen-bond acceptors (Lipinski definition) is 3. The quantitative estimate of drug-likeness (QED) is 0.867. The predicted molar refractivity (Wildman–Crippen MR) is 79.0 cm³/mol. The molecule has 0 heterocycles. The Hall–Kier alpha value is -2.12. The highest BCUT2D eigenvalue weighted by atomic mass is 32.2. The molecule has 0 bridgehead atoms. The van der Waals surface area contributed by atoms with E-state index in [1.165, 1.54) is 7.11 Å². The lowest BCUT2D eigenvalue weighted by Gasteiger charge is -2.06. The summed E-state index contributed by atoms with van der Waals surface area (Å²) in [6.07, 6.45) is 0. The van der Waals surface area contributed by atoms with Crippen LogP contribution in [0.1, 0.15) is 16.7 Å². The van der Waals surface area contributed by atoms with Crippen molar-refractivity contribution in [1.82, 2.24) is 0 Å². The first-order valence-electron chi connectivity index (χ1n) is 6.16. The maximum Gasteiger partial charge on any atom is 0.136 e. The topological polar surface area (TPSA) is 50.1 Å². The molecule has 1 unspecified atom stereocenters. The highest BCUT2D eigenvalue weighted by molar-refractivity contribution is 7.84. The second-order valence-electron chi connectivity index (χ2n) is 4.45. The van der Waals surface area contributed by atoms with Crippen LogP contribution in [0, 0.1) is 18.3 Å². The van der Waals surface area contributed by atoms with Crippen LogP contribution in [0.3, 0.4) is 0 Å². The maximum atomic E-state index is 12.3. The Balaban J connectivity index is 2.20. The van der Waals surface area contributed by atoms with Gasteiger partial charge < -0.3 is 4.74 Å². The second-order valence-corrected chi connectivity index (χ2v) is 5.90. The molecule has 0 aromatic heterocycles. The summed E-state index contributed by atoms with van der Waals surface area (Å²) in [5.74, 6) is 0.930. The zero-order valence-electron chi connectivity index (χ0n) is 11.4. The van der Waals surface area contributed by atoms with E-state index in [2.05, 4.69) is 6.07 Å². The normalized spacial score (nSPS) is 11.7. The molecule has 2 aromatic carbocycles. The van der Waals surface area contributed by atoms with Gasteiger partial charge in [-0.15, -0.1) is 0 Å². The van der Waals surface area contributed by atoms with E-state index >= 15 is 0 Å². The Morgan fingerprint density at radius 3 is 2.50 bits per heavy atom. The van der Waals surface area contributed by atoms with Gasteiger partial charge in [0.1, 0.15) is 11.8 Å². The van der Waals surface area contributed by atoms with Crippen molar-refractivity contribution in [2.75, 3.05) is 7.11 Å². The fourth-order valence-electron chi connectivity index (χ4n) is 1.86. The number of rotatable bonds is 4. The van der Waals surface area contributed by atoms with Gasteiger partial charge in [0.05, 0.1) is 29.2 Å². The third kappa shape index (κ3) is 3.25. The molecule has 0 fully saturated rings. The second kappa shape index (κ2) is 6.36. The Morgan fingerprint density at radius 1 is 1.20 bits per heavy atom. The summed E-state index contributed by atoms with van der Waals surface area (Å²) >= 11 is 0. The summed E-state index contributed by atoms with van der Waals surface area (Å²) in [5.41, 5.74) is 2.47. The van der Waals surface area contributed by atoms with Gasteiger partial charge in [-0.2, -0.15) is 5.26 Å². The summed E-state index contributed by atoms with van der Waals surface area (Å²) in [6, 6.07) is 15.0. The average Bonchev–Trinajstić information content (AvgIpc) is 2.47. The summed E-state index contributed by atoms with van der Waals surface area (Å²) in [4.78, 5) is 0.796. The molecule has 0 amide bonds. The van der Waals surface area contributed by atoms with E-state index in [-0.39, 0.29) is 0 Å². The molecule has 2 aromatic rings. The highest BCUT2D eigenvalue weighted by Gasteiger charge is 2.08. The average molecular weight is 285 g/mol. The number of aryl methyl sites for hydroxylation is 1. The molecule has 20 heavy (non-hydrogen) atoms. The lowest BCUT2D eigenvalue weighted by atomic mass is 10.1. The standard InChI is InChI=1S/C16H15NO2S/c1-12-3-6-15(7-4-12)20(18)11-13-5-8-16(19-2)14(9-13)10-17/h3-9H,11H2,1-2H3. The molecule has 0 spiro atoms. The molecule has 2 rings (SSSR count). The third-order valence-corrected chi connectivity index (χ3v) is 4.36. The van der Waals surface area contributed by atoms with Crippen molar-refractivity contribution in [2.24, 2.45) is 0 Å².